The molecule has 0 spiro atoms. The van der Waals surface area contributed by atoms with Crippen LogP contribution < -0.4 is 0 Å². The number of aryl methyl sites for hydroxylation is 1. The highest BCUT2D eigenvalue weighted by atomic mass is 16.5. The van der Waals surface area contributed by atoms with E-state index in [9.17, 15) is 4.79 Å². The van der Waals surface area contributed by atoms with Crippen molar-refractivity contribution < 1.29 is 9.32 Å². The van der Waals surface area contributed by atoms with Gasteiger partial charge in [-0.05, 0) is 18.4 Å². The Morgan fingerprint density at radius 2 is 2.00 bits per heavy atom. The van der Waals surface area contributed by atoms with E-state index in [-0.39, 0.29) is 5.78 Å². The number of ketones is 1. The summed E-state index contributed by atoms with van der Waals surface area (Å²) in [5.74, 6) is 0.898. The van der Waals surface area contributed by atoms with Crippen LogP contribution in [0, 0.1) is 0 Å². The molecule has 3 nitrogen and oxygen atoms in total. The van der Waals surface area contributed by atoms with Gasteiger partial charge in [-0.25, -0.2) is 0 Å². The fourth-order valence-electron chi connectivity index (χ4n) is 2.29. The minimum atomic E-state index is 0.179. The molecule has 0 aliphatic heterocycles. The van der Waals surface area contributed by atoms with E-state index in [0.717, 1.165) is 35.4 Å². The molecule has 0 amide bonds. The summed E-state index contributed by atoms with van der Waals surface area (Å²) in [4.78, 5) is 11.9. The van der Waals surface area contributed by atoms with E-state index in [0.29, 0.717) is 12.8 Å². The van der Waals surface area contributed by atoms with Crippen LogP contribution in [0.1, 0.15) is 40.2 Å². The molecular formula is C14H13NO2. The monoisotopic (exact) mass is 227 g/mol. The third-order valence-electron chi connectivity index (χ3n) is 3.14. The van der Waals surface area contributed by atoms with E-state index in [1.54, 1.807) is 0 Å². The maximum absolute atomic E-state index is 11.9. The third-order valence-corrected chi connectivity index (χ3v) is 3.14. The Bertz CT molecular complexity index is 543. The molecule has 2 aromatic rings. The average Bonchev–Trinajstić information content (AvgIpc) is 2.75. The molecule has 0 N–H and O–H groups in total. The number of carbonyl (C=O) groups is 1. The molecule has 86 valence electrons. The van der Waals surface area contributed by atoms with Crippen LogP contribution in [0.25, 0.3) is 0 Å². The molecule has 0 atom stereocenters. The number of hydrogen-bond donors (Lipinski definition) is 0. The first-order valence-electron chi connectivity index (χ1n) is 5.89. The lowest BCUT2D eigenvalue weighted by Gasteiger charge is -2.08. The summed E-state index contributed by atoms with van der Waals surface area (Å²) < 4.78 is 5.32. The van der Waals surface area contributed by atoms with Gasteiger partial charge in [0.2, 0.25) is 0 Å². The molecule has 17 heavy (non-hydrogen) atoms. The van der Waals surface area contributed by atoms with Gasteiger partial charge in [-0.2, -0.15) is 0 Å². The third kappa shape index (κ3) is 1.88. The highest BCUT2D eigenvalue weighted by molar-refractivity contribution is 5.98. The van der Waals surface area contributed by atoms with E-state index >= 15 is 0 Å². The summed E-state index contributed by atoms with van der Waals surface area (Å²) in [5.41, 5.74) is 2.72. The first-order chi connectivity index (χ1) is 8.34. The minimum Gasteiger partial charge on any atom is -0.360 e. The quantitative estimate of drug-likeness (QED) is 0.792. The normalized spacial score (nSPS) is 14.7. The number of Topliss-reactive ketones (excluding diaryl/α,β-unsaturated/α-hetero) is 1. The topological polar surface area (TPSA) is 43.1 Å². The molecular weight excluding hydrogens is 214 g/mol. The molecule has 3 heteroatoms. The molecule has 3 rings (SSSR count). The first-order valence-corrected chi connectivity index (χ1v) is 5.89. The summed E-state index contributed by atoms with van der Waals surface area (Å²) in [6.07, 6.45) is 3.02. The predicted molar refractivity (Wildman–Crippen MR) is 63.0 cm³/mol. The van der Waals surface area contributed by atoms with E-state index in [1.165, 1.54) is 0 Å². The van der Waals surface area contributed by atoms with Gasteiger partial charge in [0.05, 0.1) is 11.3 Å². The minimum absolute atomic E-state index is 0.179. The summed E-state index contributed by atoms with van der Waals surface area (Å²) >= 11 is 0. The molecule has 0 saturated heterocycles. The van der Waals surface area contributed by atoms with Crippen molar-refractivity contribution in [1.82, 2.24) is 5.16 Å². The molecule has 0 unspecified atom stereocenters. The zero-order valence-corrected chi connectivity index (χ0v) is 9.48. The molecule has 0 fully saturated rings. The van der Waals surface area contributed by atoms with Crippen molar-refractivity contribution in [3.63, 3.8) is 0 Å². The van der Waals surface area contributed by atoms with Crippen molar-refractivity contribution in [3.8, 4) is 0 Å². The zero-order valence-electron chi connectivity index (χ0n) is 9.48. The van der Waals surface area contributed by atoms with Gasteiger partial charge in [-0.15, -0.1) is 0 Å². The Morgan fingerprint density at radius 3 is 2.82 bits per heavy atom. The van der Waals surface area contributed by atoms with Gasteiger partial charge in [-0.3, -0.25) is 4.79 Å². The van der Waals surface area contributed by atoms with E-state index in [2.05, 4.69) is 5.16 Å². The van der Waals surface area contributed by atoms with E-state index in [1.807, 2.05) is 30.3 Å². The number of fused-ring (bicyclic) bond motifs is 1. The van der Waals surface area contributed by atoms with E-state index < -0.39 is 0 Å². The van der Waals surface area contributed by atoms with Gasteiger partial charge < -0.3 is 4.52 Å². The highest BCUT2D eigenvalue weighted by Crippen LogP contribution is 2.25. The fourth-order valence-corrected chi connectivity index (χ4v) is 2.29. The maximum Gasteiger partial charge on any atom is 0.168 e. The SMILES string of the molecule is O=C1CCCc2noc(Cc3ccccc3)c21. The lowest BCUT2D eigenvalue weighted by Crippen LogP contribution is -2.11. The number of rotatable bonds is 2. The standard InChI is InChI=1S/C14H13NO2/c16-12-8-4-7-11-14(12)13(17-15-11)9-10-5-2-1-3-6-10/h1-3,5-6H,4,7-9H2. The van der Waals surface area contributed by atoms with Crippen molar-refractivity contribution in [2.24, 2.45) is 0 Å². The smallest absolute Gasteiger partial charge is 0.168 e. The lowest BCUT2D eigenvalue weighted by molar-refractivity contribution is 0.0971. The first kappa shape index (κ1) is 10.3. The molecule has 0 saturated carbocycles. The van der Waals surface area contributed by atoms with Crippen LogP contribution in [0.2, 0.25) is 0 Å². The van der Waals surface area contributed by atoms with Crippen LogP contribution >= 0.6 is 0 Å². The summed E-state index contributed by atoms with van der Waals surface area (Å²) in [7, 11) is 0. The molecule has 1 heterocycles. The van der Waals surface area contributed by atoms with Crippen molar-refractivity contribution in [3.05, 3.63) is 52.9 Å². The van der Waals surface area contributed by atoms with Crippen LogP contribution in [0.3, 0.4) is 0 Å². The Labute approximate surface area is 99.4 Å². The van der Waals surface area contributed by atoms with Crippen LogP contribution in [-0.4, -0.2) is 10.9 Å². The Kier molecular flexibility index (Phi) is 2.52. The Hall–Kier alpha value is -1.90. The van der Waals surface area contributed by atoms with Crippen molar-refractivity contribution in [2.75, 3.05) is 0 Å². The van der Waals surface area contributed by atoms with Crippen LogP contribution in [0.5, 0.6) is 0 Å². The second-order valence-corrected chi connectivity index (χ2v) is 4.37. The summed E-state index contributed by atoms with van der Waals surface area (Å²) in [5, 5.41) is 4.01. The summed E-state index contributed by atoms with van der Waals surface area (Å²) in [6.45, 7) is 0. The zero-order chi connectivity index (χ0) is 11.7. The van der Waals surface area contributed by atoms with Gasteiger partial charge >= 0.3 is 0 Å². The van der Waals surface area contributed by atoms with Gasteiger partial charge in [0.1, 0.15) is 0 Å². The highest BCUT2D eigenvalue weighted by Gasteiger charge is 2.25. The van der Waals surface area contributed by atoms with Crippen molar-refractivity contribution in [2.45, 2.75) is 25.7 Å². The van der Waals surface area contributed by atoms with Gasteiger partial charge in [0.25, 0.3) is 0 Å². The number of aromatic nitrogens is 1. The number of hydrogen-bond acceptors (Lipinski definition) is 3. The van der Waals surface area contributed by atoms with Gasteiger partial charge in [-0.1, -0.05) is 35.5 Å². The molecule has 1 aliphatic carbocycles. The molecule has 1 aliphatic rings. The van der Waals surface area contributed by atoms with E-state index in [4.69, 9.17) is 4.52 Å². The van der Waals surface area contributed by atoms with Crippen molar-refractivity contribution in [1.29, 1.82) is 0 Å². The molecule has 0 bridgehead atoms. The number of carbonyl (C=O) groups excluding carboxylic acids is 1. The second-order valence-electron chi connectivity index (χ2n) is 4.37. The predicted octanol–water partition coefficient (Wildman–Crippen LogP) is 2.78. The summed E-state index contributed by atoms with van der Waals surface area (Å²) in [6, 6.07) is 10.0. The molecule has 0 radical (unpaired) electrons. The lowest BCUT2D eigenvalue weighted by atomic mass is 9.93. The molecule has 1 aromatic carbocycles. The largest absolute Gasteiger partial charge is 0.360 e. The van der Waals surface area contributed by atoms with Gasteiger partial charge in [0, 0.05) is 12.8 Å². The second kappa shape index (κ2) is 4.17. The Morgan fingerprint density at radius 1 is 1.18 bits per heavy atom. The van der Waals surface area contributed by atoms with Crippen LogP contribution in [0.15, 0.2) is 34.9 Å². The van der Waals surface area contributed by atoms with Crippen LogP contribution in [0.4, 0.5) is 0 Å². The van der Waals surface area contributed by atoms with Gasteiger partial charge in [0.15, 0.2) is 11.5 Å². The molecule has 1 aromatic heterocycles. The maximum atomic E-state index is 11.9. The average molecular weight is 227 g/mol. The Balaban J connectivity index is 1.94. The van der Waals surface area contributed by atoms with Crippen LogP contribution in [-0.2, 0) is 12.8 Å². The number of nitrogens with zero attached hydrogens (tertiary/aromatic N) is 1. The fraction of sp³-hybridized carbons (Fsp3) is 0.286. The number of benzene rings is 1. The van der Waals surface area contributed by atoms with Crippen molar-refractivity contribution >= 4 is 5.78 Å².